The number of carbonyl (C=O) groups is 1. The summed E-state index contributed by atoms with van der Waals surface area (Å²) >= 11 is 0. The predicted octanol–water partition coefficient (Wildman–Crippen LogP) is 2.85. The van der Waals surface area contributed by atoms with E-state index in [9.17, 15) is 9.18 Å². The molecule has 0 radical (unpaired) electrons. The topological polar surface area (TPSA) is 47.6 Å². The number of carbonyl (C=O) groups excluding carboxylic acids is 1. The van der Waals surface area contributed by atoms with Crippen molar-refractivity contribution >= 4 is 11.6 Å². The van der Waals surface area contributed by atoms with Crippen molar-refractivity contribution in [2.75, 3.05) is 19.0 Å². The Kier molecular flexibility index (Phi) is 4.55. The molecule has 0 bridgehead atoms. The van der Waals surface area contributed by atoms with E-state index in [-0.39, 0.29) is 12.3 Å². The lowest BCUT2D eigenvalue weighted by molar-refractivity contribution is -0.118. The normalized spacial score (nSPS) is 9.90. The van der Waals surface area contributed by atoms with Gasteiger partial charge in [0, 0.05) is 6.07 Å². The number of para-hydroxylation sites is 1. The molecule has 5 heteroatoms. The summed E-state index contributed by atoms with van der Waals surface area (Å²) < 4.78 is 23.7. The van der Waals surface area contributed by atoms with E-state index in [2.05, 4.69) is 5.32 Å². The molecule has 0 saturated heterocycles. The molecule has 0 fully saturated rings. The fourth-order valence-electron chi connectivity index (χ4n) is 1.59. The number of benzene rings is 2. The van der Waals surface area contributed by atoms with Gasteiger partial charge >= 0.3 is 0 Å². The highest BCUT2D eigenvalue weighted by Gasteiger charge is 2.07. The van der Waals surface area contributed by atoms with Crippen LogP contribution in [0.4, 0.5) is 10.1 Å². The average Bonchev–Trinajstić information content (AvgIpc) is 2.48. The first-order valence-electron chi connectivity index (χ1n) is 6.00. The Labute approximate surface area is 116 Å². The van der Waals surface area contributed by atoms with Gasteiger partial charge in [-0.2, -0.15) is 0 Å². The van der Waals surface area contributed by atoms with Crippen LogP contribution in [0.25, 0.3) is 0 Å². The standard InChI is InChI=1S/C15H14FNO3/c1-19-11-5-4-6-12(9-11)20-10-15(18)17-14-8-3-2-7-13(14)16/h2-9H,10H2,1H3,(H,17,18). The van der Waals surface area contributed by atoms with Gasteiger partial charge in [-0.15, -0.1) is 0 Å². The number of rotatable bonds is 5. The first-order chi connectivity index (χ1) is 9.69. The van der Waals surface area contributed by atoms with Crippen molar-refractivity contribution in [2.45, 2.75) is 0 Å². The molecule has 0 heterocycles. The summed E-state index contributed by atoms with van der Waals surface area (Å²) in [5, 5.41) is 2.44. The highest BCUT2D eigenvalue weighted by Crippen LogP contribution is 2.19. The number of hydrogen-bond acceptors (Lipinski definition) is 3. The number of amides is 1. The molecule has 0 atom stereocenters. The highest BCUT2D eigenvalue weighted by atomic mass is 19.1. The molecular weight excluding hydrogens is 261 g/mol. The van der Waals surface area contributed by atoms with Gasteiger partial charge in [0.25, 0.3) is 5.91 Å². The van der Waals surface area contributed by atoms with Gasteiger partial charge in [-0.1, -0.05) is 18.2 Å². The van der Waals surface area contributed by atoms with E-state index in [0.717, 1.165) is 0 Å². The molecule has 0 unspecified atom stereocenters. The molecular formula is C15H14FNO3. The lowest BCUT2D eigenvalue weighted by atomic mass is 10.3. The smallest absolute Gasteiger partial charge is 0.262 e. The second-order valence-corrected chi connectivity index (χ2v) is 4.00. The van der Waals surface area contributed by atoms with Gasteiger partial charge in [-0.05, 0) is 24.3 Å². The van der Waals surface area contributed by atoms with Crippen molar-refractivity contribution in [1.82, 2.24) is 0 Å². The predicted molar refractivity (Wildman–Crippen MR) is 73.5 cm³/mol. The fourth-order valence-corrected chi connectivity index (χ4v) is 1.59. The molecule has 2 aromatic rings. The van der Waals surface area contributed by atoms with Crippen molar-refractivity contribution in [1.29, 1.82) is 0 Å². The van der Waals surface area contributed by atoms with E-state index in [0.29, 0.717) is 11.5 Å². The summed E-state index contributed by atoms with van der Waals surface area (Å²) in [5.74, 6) is 0.227. The maximum absolute atomic E-state index is 13.3. The summed E-state index contributed by atoms with van der Waals surface area (Å²) in [6, 6.07) is 12.8. The Morgan fingerprint density at radius 1 is 1.15 bits per heavy atom. The lowest BCUT2D eigenvalue weighted by Gasteiger charge is -2.09. The Morgan fingerprint density at radius 2 is 1.90 bits per heavy atom. The van der Waals surface area contributed by atoms with Gasteiger partial charge in [-0.3, -0.25) is 4.79 Å². The molecule has 20 heavy (non-hydrogen) atoms. The van der Waals surface area contributed by atoms with Crippen LogP contribution in [0, 0.1) is 5.82 Å². The molecule has 1 amide bonds. The zero-order valence-corrected chi connectivity index (χ0v) is 10.9. The molecule has 2 rings (SSSR count). The second-order valence-electron chi connectivity index (χ2n) is 4.00. The molecule has 0 aliphatic carbocycles. The minimum Gasteiger partial charge on any atom is -0.497 e. The molecule has 0 saturated carbocycles. The van der Waals surface area contributed by atoms with Crippen molar-refractivity contribution in [2.24, 2.45) is 0 Å². The minimum absolute atomic E-state index is 0.131. The number of methoxy groups -OCH3 is 1. The lowest BCUT2D eigenvalue weighted by Crippen LogP contribution is -2.20. The third-order valence-electron chi connectivity index (χ3n) is 2.56. The Morgan fingerprint density at radius 3 is 2.65 bits per heavy atom. The zero-order valence-electron chi connectivity index (χ0n) is 10.9. The Hall–Kier alpha value is -2.56. The Bertz CT molecular complexity index is 601. The summed E-state index contributed by atoms with van der Waals surface area (Å²) in [5.41, 5.74) is 0.131. The quantitative estimate of drug-likeness (QED) is 0.912. The molecule has 0 spiro atoms. The van der Waals surface area contributed by atoms with Crippen molar-refractivity contribution < 1.29 is 18.7 Å². The summed E-state index contributed by atoms with van der Waals surface area (Å²) in [7, 11) is 1.55. The first-order valence-corrected chi connectivity index (χ1v) is 6.00. The second kappa shape index (κ2) is 6.56. The van der Waals surface area contributed by atoms with E-state index in [1.54, 1.807) is 43.5 Å². The molecule has 0 aliphatic rings. The average molecular weight is 275 g/mol. The van der Waals surface area contributed by atoms with Gasteiger partial charge in [-0.25, -0.2) is 4.39 Å². The van der Waals surface area contributed by atoms with E-state index in [4.69, 9.17) is 9.47 Å². The summed E-state index contributed by atoms with van der Waals surface area (Å²) in [4.78, 5) is 11.7. The third-order valence-corrected chi connectivity index (χ3v) is 2.56. The van der Waals surface area contributed by atoms with Gasteiger partial charge < -0.3 is 14.8 Å². The van der Waals surface area contributed by atoms with Crippen LogP contribution < -0.4 is 14.8 Å². The van der Waals surface area contributed by atoms with E-state index in [1.807, 2.05) is 0 Å². The van der Waals surface area contributed by atoms with E-state index < -0.39 is 11.7 Å². The van der Waals surface area contributed by atoms with Crippen LogP contribution in [-0.2, 0) is 4.79 Å². The number of nitrogens with one attached hydrogen (secondary N) is 1. The van der Waals surface area contributed by atoms with Crippen LogP contribution in [0.1, 0.15) is 0 Å². The number of halogens is 1. The van der Waals surface area contributed by atoms with Crippen LogP contribution >= 0.6 is 0 Å². The van der Waals surface area contributed by atoms with Crippen molar-refractivity contribution in [3.05, 3.63) is 54.3 Å². The minimum atomic E-state index is -0.484. The van der Waals surface area contributed by atoms with Crippen LogP contribution in [-0.4, -0.2) is 19.6 Å². The van der Waals surface area contributed by atoms with Crippen molar-refractivity contribution in [3.8, 4) is 11.5 Å². The highest BCUT2D eigenvalue weighted by molar-refractivity contribution is 5.91. The van der Waals surface area contributed by atoms with Crippen LogP contribution in [0.15, 0.2) is 48.5 Å². The Balaban J connectivity index is 1.90. The molecule has 104 valence electrons. The monoisotopic (exact) mass is 275 g/mol. The van der Waals surface area contributed by atoms with Crippen LogP contribution in [0.5, 0.6) is 11.5 Å². The zero-order chi connectivity index (χ0) is 14.4. The summed E-state index contributed by atoms with van der Waals surface area (Å²) in [6.07, 6.45) is 0. The molecule has 1 N–H and O–H groups in total. The molecule has 2 aromatic carbocycles. The third kappa shape index (κ3) is 3.71. The van der Waals surface area contributed by atoms with Crippen LogP contribution in [0.3, 0.4) is 0 Å². The first kappa shape index (κ1) is 13.9. The largest absolute Gasteiger partial charge is 0.497 e. The maximum atomic E-state index is 13.3. The number of ether oxygens (including phenoxy) is 2. The maximum Gasteiger partial charge on any atom is 0.262 e. The van der Waals surface area contributed by atoms with Gasteiger partial charge in [0.2, 0.25) is 0 Å². The number of anilines is 1. The molecule has 4 nitrogen and oxygen atoms in total. The SMILES string of the molecule is COc1cccc(OCC(=O)Nc2ccccc2F)c1. The van der Waals surface area contributed by atoms with Gasteiger partial charge in [0.05, 0.1) is 12.8 Å². The van der Waals surface area contributed by atoms with E-state index >= 15 is 0 Å². The fraction of sp³-hybridized carbons (Fsp3) is 0.133. The van der Waals surface area contributed by atoms with Crippen LogP contribution in [0.2, 0.25) is 0 Å². The number of hydrogen-bond donors (Lipinski definition) is 1. The van der Waals surface area contributed by atoms with E-state index in [1.165, 1.54) is 12.1 Å². The van der Waals surface area contributed by atoms with Gasteiger partial charge in [0.1, 0.15) is 17.3 Å². The van der Waals surface area contributed by atoms with Gasteiger partial charge in [0.15, 0.2) is 6.61 Å². The molecule has 0 aromatic heterocycles. The summed E-state index contributed by atoms with van der Waals surface area (Å²) in [6.45, 7) is -0.207. The van der Waals surface area contributed by atoms with Crippen molar-refractivity contribution in [3.63, 3.8) is 0 Å². The molecule has 0 aliphatic heterocycles.